The first-order valence-electron chi connectivity index (χ1n) is 7.38. The molecule has 1 atom stereocenters. The standard InChI is InChI=1S/C15H20N2O5/c1-2-22-10-11-5-4-8-16(9-11)15(19)12-6-3-7-13(14(12)18)17(20)21/h3,6-7,11,18H,2,4-5,8-10H2,1H3. The van der Waals surface area contributed by atoms with Crippen LogP contribution < -0.4 is 0 Å². The first kappa shape index (κ1) is 16.2. The number of phenolic OH excluding ortho intramolecular Hbond substituents is 1. The van der Waals surface area contributed by atoms with Gasteiger partial charge in [0.25, 0.3) is 5.91 Å². The van der Waals surface area contributed by atoms with E-state index in [4.69, 9.17) is 4.74 Å². The Morgan fingerprint density at radius 3 is 3.00 bits per heavy atom. The van der Waals surface area contributed by atoms with Crippen LogP contribution in [0.25, 0.3) is 0 Å². The van der Waals surface area contributed by atoms with Crippen molar-refractivity contribution in [1.29, 1.82) is 0 Å². The Morgan fingerprint density at radius 2 is 2.32 bits per heavy atom. The lowest BCUT2D eigenvalue weighted by atomic mass is 9.98. The number of benzene rings is 1. The highest BCUT2D eigenvalue weighted by Crippen LogP contribution is 2.31. The van der Waals surface area contributed by atoms with Crippen molar-refractivity contribution in [2.45, 2.75) is 19.8 Å². The van der Waals surface area contributed by atoms with Gasteiger partial charge in [0.05, 0.1) is 17.1 Å². The van der Waals surface area contributed by atoms with E-state index >= 15 is 0 Å². The SMILES string of the molecule is CCOCC1CCCN(C(=O)c2cccc([N+](=O)[O-])c2O)C1. The highest BCUT2D eigenvalue weighted by Gasteiger charge is 2.28. The molecule has 22 heavy (non-hydrogen) atoms. The minimum Gasteiger partial charge on any atom is -0.502 e. The number of ether oxygens (including phenoxy) is 1. The molecule has 0 bridgehead atoms. The Kier molecular flexibility index (Phi) is 5.32. The van der Waals surface area contributed by atoms with Crippen molar-refractivity contribution in [3.05, 3.63) is 33.9 Å². The number of hydrogen-bond donors (Lipinski definition) is 1. The molecular formula is C15H20N2O5. The van der Waals surface area contributed by atoms with Gasteiger partial charge in [-0.2, -0.15) is 0 Å². The van der Waals surface area contributed by atoms with Gasteiger partial charge in [-0.25, -0.2) is 0 Å². The molecule has 1 heterocycles. The van der Waals surface area contributed by atoms with Crippen molar-refractivity contribution in [2.75, 3.05) is 26.3 Å². The first-order valence-corrected chi connectivity index (χ1v) is 7.38. The average molecular weight is 308 g/mol. The van der Waals surface area contributed by atoms with Crippen molar-refractivity contribution < 1.29 is 19.6 Å². The van der Waals surface area contributed by atoms with Crippen molar-refractivity contribution in [1.82, 2.24) is 4.90 Å². The third-order valence-corrected chi connectivity index (χ3v) is 3.81. The van der Waals surface area contributed by atoms with E-state index in [9.17, 15) is 20.0 Å². The van der Waals surface area contributed by atoms with Crippen molar-refractivity contribution >= 4 is 11.6 Å². The number of para-hydroxylation sites is 1. The second kappa shape index (κ2) is 7.22. The molecule has 7 nitrogen and oxygen atoms in total. The Bertz CT molecular complexity index is 561. The number of piperidine rings is 1. The zero-order valence-corrected chi connectivity index (χ0v) is 12.5. The summed E-state index contributed by atoms with van der Waals surface area (Å²) in [7, 11) is 0. The van der Waals surface area contributed by atoms with Gasteiger partial charge >= 0.3 is 5.69 Å². The number of likely N-dealkylation sites (tertiary alicyclic amines) is 1. The maximum Gasteiger partial charge on any atom is 0.311 e. The summed E-state index contributed by atoms with van der Waals surface area (Å²) in [5, 5.41) is 20.8. The van der Waals surface area contributed by atoms with Gasteiger partial charge in [0.1, 0.15) is 0 Å². The third kappa shape index (κ3) is 3.54. The molecule has 1 saturated heterocycles. The summed E-state index contributed by atoms with van der Waals surface area (Å²) < 4.78 is 5.40. The van der Waals surface area contributed by atoms with Crippen molar-refractivity contribution in [3.8, 4) is 5.75 Å². The molecule has 120 valence electrons. The molecule has 2 rings (SSSR count). The Morgan fingerprint density at radius 1 is 1.55 bits per heavy atom. The molecule has 0 radical (unpaired) electrons. The van der Waals surface area contributed by atoms with Crippen LogP contribution in [-0.2, 0) is 4.74 Å². The number of carbonyl (C=O) groups excluding carboxylic acids is 1. The predicted molar refractivity (Wildman–Crippen MR) is 79.9 cm³/mol. The van der Waals surface area contributed by atoms with E-state index in [-0.39, 0.29) is 17.4 Å². The molecule has 1 aliphatic rings. The van der Waals surface area contributed by atoms with Crippen LogP contribution in [0.4, 0.5) is 5.69 Å². The third-order valence-electron chi connectivity index (χ3n) is 3.81. The molecule has 0 aromatic heterocycles. The van der Waals surface area contributed by atoms with Crippen molar-refractivity contribution in [2.24, 2.45) is 5.92 Å². The fourth-order valence-corrected chi connectivity index (χ4v) is 2.69. The number of phenols is 1. The number of rotatable bonds is 5. The molecule has 0 aliphatic carbocycles. The molecule has 1 aromatic rings. The Balaban J connectivity index is 2.14. The molecule has 1 aliphatic heterocycles. The number of aromatic hydroxyl groups is 1. The number of nitro groups is 1. The summed E-state index contributed by atoms with van der Waals surface area (Å²) in [6, 6.07) is 4.00. The van der Waals surface area contributed by atoms with E-state index in [1.807, 2.05) is 6.92 Å². The number of amides is 1. The Hall–Kier alpha value is -2.15. The van der Waals surface area contributed by atoms with Gasteiger partial charge in [-0.15, -0.1) is 0 Å². The van der Waals surface area contributed by atoms with Crippen LogP contribution in [0.1, 0.15) is 30.1 Å². The summed E-state index contributed by atoms with van der Waals surface area (Å²) in [6.07, 6.45) is 1.85. The molecule has 0 spiro atoms. The summed E-state index contributed by atoms with van der Waals surface area (Å²) in [4.78, 5) is 24.3. The minimum atomic E-state index is -0.694. The van der Waals surface area contributed by atoms with E-state index in [1.54, 1.807) is 4.90 Å². The second-order valence-corrected chi connectivity index (χ2v) is 5.35. The summed E-state index contributed by atoms with van der Waals surface area (Å²) in [5.74, 6) is -0.676. The molecule has 1 unspecified atom stereocenters. The zero-order valence-electron chi connectivity index (χ0n) is 12.5. The monoisotopic (exact) mass is 308 g/mol. The smallest absolute Gasteiger partial charge is 0.311 e. The van der Waals surface area contributed by atoms with Crippen LogP contribution in [0, 0.1) is 16.0 Å². The molecule has 1 fully saturated rings. The number of nitro benzene ring substituents is 1. The summed E-state index contributed by atoms with van der Waals surface area (Å²) >= 11 is 0. The normalized spacial score (nSPS) is 18.2. The van der Waals surface area contributed by atoms with Crippen LogP contribution in [0.15, 0.2) is 18.2 Å². The maximum atomic E-state index is 12.5. The fourth-order valence-electron chi connectivity index (χ4n) is 2.69. The van der Waals surface area contributed by atoms with Gasteiger partial charge < -0.3 is 14.7 Å². The van der Waals surface area contributed by atoms with Crippen LogP contribution in [-0.4, -0.2) is 47.1 Å². The predicted octanol–water partition coefficient (Wildman–Crippen LogP) is 2.19. The lowest BCUT2D eigenvalue weighted by Crippen LogP contribution is -2.41. The van der Waals surface area contributed by atoms with E-state index < -0.39 is 16.4 Å². The highest BCUT2D eigenvalue weighted by atomic mass is 16.6. The number of nitrogens with zero attached hydrogens (tertiary/aromatic N) is 2. The molecular weight excluding hydrogens is 288 g/mol. The maximum absolute atomic E-state index is 12.5. The lowest BCUT2D eigenvalue weighted by Gasteiger charge is -2.32. The van der Waals surface area contributed by atoms with Crippen LogP contribution in [0.3, 0.4) is 0 Å². The van der Waals surface area contributed by atoms with E-state index in [1.165, 1.54) is 18.2 Å². The average Bonchev–Trinajstić information content (AvgIpc) is 2.52. The number of carbonyl (C=O) groups is 1. The van der Waals surface area contributed by atoms with Crippen LogP contribution in [0.5, 0.6) is 5.75 Å². The molecule has 0 saturated carbocycles. The van der Waals surface area contributed by atoms with E-state index in [0.717, 1.165) is 12.8 Å². The molecule has 1 N–H and O–H groups in total. The highest BCUT2D eigenvalue weighted by molar-refractivity contribution is 5.98. The Labute approximate surface area is 128 Å². The lowest BCUT2D eigenvalue weighted by molar-refractivity contribution is -0.385. The minimum absolute atomic E-state index is 0.0220. The zero-order chi connectivity index (χ0) is 16.1. The fraction of sp³-hybridized carbons (Fsp3) is 0.533. The van der Waals surface area contributed by atoms with Crippen molar-refractivity contribution in [3.63, 3.8) is 0 Å². The second-order valence-electron chi connectivity index (χ2n) is 5.35. The molecule has 1 amide bonds. The largest absolute Gasteiger partial charge is 0.502 e. The van der Waals surface area contributed by atoms with Crippen LogP contribution >= 0.6 is 0 Å². The quantitative estimate of drug-likeness (QED) is 0.665. The summed E-state index contributed by atoms with van der Waals surface area (Å²) in [5.41, 5.74) is -0.472. The molecule has 7 heteroatoms. The van der Waals surface area contributed by atoms with Gasteiger partial charge in [-0.3, -0.25) is 14.9 Å². The van der Waals surface area contributed by atoms with Gasteiger partial charge in [-0.1, -0.05) is 6.07 Å². The van der Waals surface area contributed by atoms with E-state index in [0.29, 0.717) is 26.3 Å². The van der Waals surface area contributed by atoms with Gasteiger partial charge in [0, 0.05) is 25.8 Å². The van der Waals surface area contributed by atoms with Gasteiger partial charge in [0.2, 0.25) is 5.75 Å². The van der Waals surface area contributed by atoms with Gasteiger partial charge in [0.15, 0.2) is 0 Å². The van der Waals surface area contributed by atoms with E-state index in [2.05, 4.69) is 0 Å². The van der Waals surface area contributed by atoms with Crippen LogP contribution in [0.2, 0.25) is 0 Å². The summed E-state index contributed by atoms with van der Waals surface area (Å²) in [6.45, 7) is 4.29. The van der Waals surface area contributed by atoms with Gasteiger partial charge in [-0.05, 0) is 31.7 Å². The topological polar surface area (TPSA) is 92.9 Å². The molecule has 1 aromatic carbocycles. The number of hydrogen-bond acceptors (Lipinski definition) is 5. The first-order chi connectivity index (χ1) is 10.5.